The number of nitrogens with one attached hydrogen (secondary N) is 1. The van der Waals surface area contributed by atoms with Crippen molar-refractivity contribution < 1.29 is 19.7 Å². The summed E-state index contributed by atoms with van der Waals surface area (Å²) in [5.41, 5.74) is 4.16. The fourth-order valence-corrected chi connectivity index (χ4v) is 4.60. The average Bonchev–Trinajstić information content (AvgIpc) is 2.88. The lowest BCUT2D eigenvalue weighted by Crippen LogP contribution is -2.32. The summed E-state index contributed by atoms with van der Waals surface area (Å²) in [4.78, 5) is 15.8. The number of pyridine rings is 1. The highest BCUT2D eigenvalue weighted by Gasteiger charge is 2.19. The van der Waals surface area contributed by atoms with Crippen LogP contribution >= 0.6 is 0 Å². The van der Waals surface area contributed by atoms with Crippen molar-refractivity contribution in [2.24, 2.45) is 0 Å². The van der Waals surface area contributed by atoms with Gasteiger partial charge in [0.15, 0.2) is 0 Å². The SMILES string of the molecule is C[C@H](Cc1ccc(-c2ccc(C(=O)O)c(OC3CCCCC3)c2)cc1)NC[C@@H](O)c1cccnc1. The van der Waals surface area contributed by atoms with Gasteiger partial charge in [-0.3, -0.25) is 4.98 Å². The number of hydrogen-bond acceptors (Lipinski definition) is 5. The highest BCUT2D eigenvalue weighted by molar-refractivity contribution is 5.92. The molecule has 0 aliphatic heterocycles. The molecule has 1 saturated carbocycles. The van der Waals surface area contributed by atoms with Gasteiger partial charge in [0.25, 0.3) is 0 Å². The Hall–Kier alpha value is -3.22. The highest BCUT2D eigenvalue weighted by atomic mass is 16.5. The van der Waals surface area contributed by atoms with Crippen molar-refractivity contribution in [1.29, 1.82) is 0 Å². The predicted octanol–water partition coefficient (Wildman–Crippen LogP) is 5.41. The molecule has 0 radical (unpaired) electrons. The second-order valence-electron chi connectivity index (χ2n) is 9.41. The molecule has 0 unspecified atom stereocenters. The molecule has 6 heteroatoms. The fourth-order valence-electron chi connectivity index (χ4n) is 4.60. The molecule has 0 saturated heterocycles. The van der Waals surface area contributed by atoms with Gasteiger partial charge in [-0.15, -0.1) is 0 Å². The molecule has 1 heterocycles. The Labute approximate surface area is 207 Å². The van der Waals surface area contributed by atoms with Crippen molar-refractivity contribution in [3.8, 4) is 16.9 Å². The minimum absolute atomic E-state index is 0.0881. The highest BCUT2D eigenvalue weighted by Crippen LogP contribution is 2.31. The van der Waals surface area contributed by atoms with Crippen molar-refractivity contribution in [2.45, 2.75) is 63.7 Å². The standard InChI is InChI=1S/C29H34N2O4/c1-20(31-19-27(32)24-6-5-15-30-18-24)16-21-9-11-22(12-10-21)23-13-14-26(29(33)34)28(17-23)35-25-7-3-2-4-8-25/h5-6,9-15,17-18,20,25,27,31-32H,2-4,7-8,16,19H2,1H3,(H,33,34)/t20-,27-/m1/s1. The van der Waals surface area contributed by atoms with E-state index < -0.39 is 12.1 Å². The van der Waals surface area contributed by atoms with Crippen LogP contribution in [-0.2, 0) is 6.42 Å². The van der Waals surface area contributed by atoms with Crippen LogP contribution < -0.4 is 10.1 Å². The maximum absolute atomic E-state index is 11.7. The normalized spacial score (nSPS) is 15.9. The number of carboxylic acids is 1. The Bertz CT molecular complexity index is 1100. The first-order valence-electron chi connectivity index (χ1n) is 12.4. The average molecular weight is 475 g/mol. The van der Waals surface area contributed by atoms with E-state index in [2.05, 4.69) is 41.5 Å². The Kier molecular flexibility index (Phi) is 8.50. The Morgan fingerprint density at radius 3 is 2.51 bits per heavy atom. The smallest absolute Gasteiger partial charge is 0.339 e. The lowest BCUT2D eigenvalue weighted by atomic mass is 9.97. The minimum atomic E-state index is -0.965. The van der Waals surface area contributed by atoms with Crippen molar-refractivity contribution in [3.05, 3.63) is 83.7 Å². The van der Waals surface area contributed by atoms with E-state index in [0.717, 1.165) is 48.8 Å². The summed E-state index contributed by atoms with van der Waals surface area (Å²) in [6, 6.07) is 17.5. The van der Waals surface area contributed by atoms with Crippen LogP contribution in [0.2, 0.25) is 0 Å². The summed E-state index contributed by atoms with van der Waals surface area (Å²) in [5, 5.41) is 23.3. The van der Waals surface area contributed by atoms with Crippen molar-refractivity contribution in [1.82, 2.24) is 10.3 Å². The van der Waals surface area contributed by atoms with Crippen molar-refractivity contribution in [3.63, 3.8) is 0 Å². The molecule has 3 aromatic rings. The second-order valence-corrected chi connectivity index (χ2v) is 9.41. The Morgan fingerprint density at radius 1 is 1.09 bits per heavy atom. The van der Waals surface area contributed by atoms with Crippen LogP contribution in [0.15, 0.2) is 67.0 Å². The lowest BCUT2D eigenvalue weighted by Gasteiger charge is -2.24. The van der Waals surface area contributed by atoms with Gasteiger partial charge in [0.1, 0.15) is 11.3 Å². The summed E-state index contributed by atoms with van der Waals surface area (Å²) in [7, 11) is 0. The molecule has 6 nitrogen and oxygen atoms in total. The van der Waals surface area contributed by atoms with Gasteiger partial charge in [-0.1, -0.05) is 42.8 Å². The van der Waals surface area contributed by atoms with E-state index in [0.29, 0.717) is 12.3 Å². The van der Waals surface area contributed by atoms with E-state index in [1.807, 2.05) is 24.3 Å². The molecule has 1 fully saturated rings. The Balaban J connectivity index is 1.38. The molecule has 35 heavy (non-hydrogen) atoms. The summed E-state index contributed by atoms with van der Waals surface area (Å²) in [6.45, 7) is 2.56. The molecule has 184 valence electrons. The summed E-state index contributed by atoms with van der Waals surface area (Å²) < 4.78 is 6.15. The molecule has 0 bridgehead atoms. The third-order valence-electron chi connectivity index (χ3n) is 6.62. The van der Waals surface area contributed by atoms with E-state index >= 15 is 0 Å². The molecule has 0 amide bonds. The third-order valence-corrected chi connectivity index (χ3v) is 6.62. The summed E-state index contributed by atoms with van der Waals surface area (Å²) in [6.07, 6.45) is 9.13. The number of aromatic nitrogens is 1. The molecule has 0 spiro atoms. The molecule has 3 N–H and O–H groups in total. The van der Waals surface area contributed by atoms with E-state index in [1.165, 1.54) is 12.0 Å². The molecule has 1 aliphatic rings. The number of benzene rings is 2. The molecular formula is C29H34N2O4. The van der Waals surface area contributed by atoms with Crippen LogP contribution in [0.3, 0.4) is 0 Å². The number of carbonyl (C=O) groups is 1. The molecule has 1 aliphatic carbocycles. The minimum Gasteiger partial charge on any atom is -0.490 e. The quantitative estimate of drug-likeness (QED) is 0.364. The van der Waals surface area contributed by atoms with Crippen LogP contribution in [0, 0.1) is 0 Å². The van der Waals surface area contributed by atoms with Crippen molar-refractivity contribution >= 4 is 5.97 Å². The number of aliphatic hydroxyl groups excluding tert-OH is 1. The molecule has 4 rings (SSSR count). The van der Waals surface area contributed by atoms with Gasteiger partial charge < -0.3 is 20.3 Å². The van der Waals surface area contributed by atoms with Gasteiger partial charge in [-0.25, -0.2) is 4.79 Å². The van der Waals surface area contributed by atoms with Crippen LogP contribution in [-0.4, -0.2) is 39.9 Å². The monoisotopic (exact) mass is 474 g/mol. The summed E-state index contributed by atoms with van der Waals surface area (Å²) >= 11 is 0. The first kappa shape index (κ1) is 24.9. The first-order valence-corrected chi connectivity index (χ1v) is 12.4. The van der Waals surface area contributed by atoms with E-state index in [4.69, 9.17) is 4.74 Å². The number of ether oxygens (including phenoxy) is 1. The van der Waals surface area contributed by atoms with Gasteiger partial charge in [-0.2, -0.15) is 0 Å². The number of aromatic carboxylic acids is 1. The number of rotatable bonds is 10. The van der Waals surface area contributed by atoms with E-state index in [-0.39, 0.29) is 17.7 Å². The molecular weight excluding hydrogens is 440 g/mol. The van der Waals surface area contributed by atoms with Gasteiger partial charge in [0.2, 0.25) is 0 Å². The number of aliphatic hydroxyl groups is 1. The van der Waals surface area contributed by atoms with Gasteiger partial charge in [0.05, 0.1) is 12.2 Å². The molecule has 1 aromatic heterocycles. The largest absolute Gasteiger partial charge is 0.490 e. The maximum atomic E-state index is 11.7. The first-order chi connectivity index (χ1) is 17.0. The maximum Gasteiger partial charge on any atom is 0.339 e. The van der Waals surface area contributed by atoms with E-state index in [9.17, 15) is 15.0 Å². The molecule has 2 atom stereocenters. The predicted molar refractivity (Wildman–Crippen MR) is 137 cm³/mol. The van der Waals surface area contributed by atoms with Crippen molar-refractivity contribution in [2.75, 3.05) is 6.54 Å². The topological polar surface area (TPSA) is 91.7 Å². The molecule has 2 aromatic carbocycles. The zero-order valence-corrected chi connectivity index (χ0v) is 20.2. The number of hydrogen-bond donors (Lipinski definition) is 3. The number of carboxylic acid groups (broad SMARTS) is 1. The number of nitrogens with zero attached hydrogens (tertiary/aromatic N) is 1. The third kappa shape index (κ3) is 6.90. The van der Waals surface area contributed by atoms with Crippen LogP contribution in [0.5, 0.6) is 5.75 Å². The van der Waals surface area contributed by atoms with Gasteiger partial charge in [-0.05, 0) is 73.9 Å². The summed E-state index contributed by atoms with van der Waals surface area (Å²) in [5.74, 6) is -0.510. The van der Waals surface area contributed by atoms with Crippen LogP contribution in [0.4, 0.5) is 0 Å². The van der Waals surface area contributed by atoms with Gasteiger partial charge in [0, 0.05) is 30.5 Å². The fraction of sp³-hybridized carbons (Fsp3) is 0.379. The Morgan fingerprint density at radius 2 is 1.83 bits per heavy atom. The van der Waals surface area contributed by atoms with Gasteiger partial charge >= 0.3 is 5.97 Å². The lowest BCUT2D eigenvalue weighted by molar-refractivity contribution is 0.0686. The zero-order valence-electron chi connectivity index (χ0n) is 20.2. The van der Waals surface area contributed by atoms with Crippen LogP contribution in [0.1, 0.15) is 66.6 Å². The zero-order chi connectivity index (χ0) is 24.6. The van der Waals surface area contributed by atoms with Crippen LogP contribution in [0.25, 0.3) is 11.1 Å². The second kappa shape index (κ2) is 12.0. The van der Waals surface area contributed by atoms with E-state index in [1.54, 1.807) is 18.5 Å².